The Bertz CT molecular complexity index is 721. The van der Waals surface area contributed by atoms with Gasteiger partial charge < -0.3 is 15.4 Å². The predicted molar refractivity (Wildman–Crippen MR) is 96.5 cm³/mol. The molecule has 6 heteroatoms. The van der Waals surface area contributed by atoms with E-state index < -0.39 is 17.7 Å². The lowest BCUT2D eigenvalue weighted by Gasteiger charge is -2.39. The molecule has 4 rings (SSSR count). The molecule has 0 bridgehead atoms. The summed E-state index contributed by atoms with van der Waals surface area (Å²) in [5, 5.41) is 0. The highest BCUT2D eigenvalue weighted by Crippen LogP contribution is 2.36. The monoisotopic (exact) mass is 363 g/mol. The topological polar surface area (TPSA) is 41.7 Å². The summed E-state index contributed by atoms with van der Waals surface area (Å²) in [5.74, 6) is -0.923. The second kappa shape index (κ2) is 6.91. The minimum atomic E-state index is -0.587. The number of ether oxygens (including phenoxy) is 1. The summed E-state index contributed by atoms with van der Waals surface area (Å²) in [7, 11) is 0. The lowest BCUT2D eigenvalue weighted by molar-refractivity contribution is -0.0474. The molecule has 3 heterocycles. The van der Waals surface area contributed by atoms with Crippen LogP contribution in [0.1, 0.15) is 38.4 Å². The molecule has 0 spiro atoms. The molecular formula is C20H27F2N3O. The van der Waals surface area contributed by atoms with Crippen molar-refractivity contribution in [1.82, 2.24) is 9.80 Å². The first kappa shape index (κ1) is 17.9. The predicted octanol–water partition coefficient (Wildman–Crippen LogP) is 2.81. The van der Waals surface area contributed by atoms with Crippen molar-refractivity contribution in [3.05, 3.63) is 46.7 Å². The first-order valence-corrected chi connectivity index (χ1v) is 9.47. The molecule has 0 radical (unpaired) electrons. The van der Waals surface area contributed by atoms with E-state index in [0.29, 0.717) is 12.6 Å². The normalized spacial score (nSPS) is 29.8. The van der Waals surface area contributed by atoms with Crippen molar-refractivity contribution in [1.29, 1.82) is 0 Å². The zero-order valence-corrected chi connectivity index (χ0v) is 15.4. The van der Waals surface area contributed by atoms with E-state index >= 15 is 0 Å². The third-order valence-corrected chi connectivity index (χ3v) is 5.96. The molecule has 0 aromatic heterocycles. The van der Waals surface area contributed by atoms with Gasteiger partial charge in [-0.15, -0.1) is 0 Å². The van der Waals surface area contributed by atoms with E-state index in [1.165, 1.54) is 17.3 Å². The summed E-state index contributed by atoms with van der Waals surface area (Å²) in [4.78, 5) is 4.92. The van der Waals surface area contributed by atoms with E-state index in [9.17, 15) is 8.78 Å². The summed E-state index contributed by atoms with van der Waals surface area (Å²) in [6.07, 6.45) is 1.28. The van der Waals surface area contributed by atoms with Crippen molar-refractivity contribution in [2.45, 2.75) is 50.9 Å². The maximum absolute atomic E-state index is 14.1. The fourth-order valence-electron chi connectivity index (χ4n) is 4.58. The average Bonchev–Trinajstić information content (AvgIpc) is 3.17. The van der Waals surface area contributed by atoms with Crippen molar-refractivity contribution in [2.24, 2.45) is 5.73 Å². The maximum Gasteiger partial charge on any atom is 0.129 e. The van der Waals surface area contributed by atoms with Crippen LogP contribution >= 0.6 is 0 Å². The fraction of sp³-hybridized carbons (Fsp3) is 0.600. The van der Waals surface area contributed by atoms with Crippen LogP contribution in [0.5, 0.6) is 0 Å². The molecule has 2 N–H and O–H groups in total. The van der Waals surface area contributed by atoms with Gasteiger partial charge >= 0.3 is 0 Å². The average molecular weight is 363 g/mol. The van der Waals surface area contributed by atoms with Crippen LogP contribution in [0.15, 0.2) is 29.5 Å². The Morgan fingerprint density at radius 2 is 2.04 bits per heavy atom. The van der Waals surface area contributed by atoms with E-state index in [1.807, 2.05) is 0 Å². The molecule has 0 aliphatic carbocycles. The molecule has 0 amide bonds. The molecule has 3 atom stereocenters. The molecule has 4 nitrogen and oxygen atoms in total. The number of benzene rings is 1. The van der Waals surface area contributed by atoms with Crippen LogP contribution in [-0.4, -0.2) is 54.2 Å². The van der Waals surface area contributed by atoms with E-state index in [0.717, 1.165) is 44.6 Å². The lowest BCUT2D eigenvalue weighted by Crippen LogP contribution is -2.49. The zero-order valence-electron chi connectivity index (χ0n) is 15.4. The third-order valence-electron chi connectivity index (χ3n) is 5.96. The van der Waals surface area contributed by atoms with Crippen LogP contribution in [-0.2, 0) is 4.74 Å². The SMILES string of the molecule is CC(C)N1CCC2=C1CN([C@H]1CO[C@H](c3cc(F)ccc3F)[C@@H](N)C1)C2. The number of hydrogen-bond acceptors (Lipinski definition) is 4. The molecule has 1 fully saturated rings. The van der Waals surface area contributed by atoms with Gasteiger partial charge in [-0.25, -0.2) is 8.78 Å². The molecule has 1 aromatic carbocycles. The Morgan fingerprint density at radius 1 is 1.23 bits per heavy atom. The molecule has 1 aromatic rings. The molecule has 26 heavy (non-hydrogen) atoms. The van der Waals surface area contributed by atoms with Gasteiger partial charge in [0.05, 0.1) is 6.61 Å². The molecule has 0 saturated carbocycles. The molecular weight excluding hydrogens is 336 g/mol. The van der Waals surface area contributed by atoms with Gasteiger partial charge in [0.1, 0.15) is 17.7 Å². The van der Waals surface area contributed by atoms with E-state index in [-0.39, 0.29) is 17.6 Å². The van der Waals surface area contributed by atoms with Gasteiger partial charge in [0.2, 0.25) is 0 Å². The molecule has 142 valence electrons. The smallest absolute Gasteiger partial charge is 0.129 e. The number of nitrogens with two attached hydrogens (primary N) is 1. The van der Waals surface area contributed by atoms with Crippen LogP contribution in [0.3, 0.4) is 0 Å². The van der Waals surface area contributed by atoms with Crippen LogP contribution in [0.2, 0.25) is 0 Å². The summed E-state index contributed by atoms with van der Waals surface area (Å²) < 4.78 is 33.5. The quantitative estimate of drug-likeness (QED) is 0.897. The van der Waals surface area contributed by atoms with Crippen molar-refractivity contribution in [3.8, 4) is 0 Å². The zero-order chi connectivity index (χ0) is 18.4. The van der Waals surface area contributed by atoms with Gasteiger partial charge in [-0.1, -0.05) is 0 Å². The Labute approximate surface area is 153 Å². The second-order valence-corrected chi connectivity index (χ2v) is 7.97. The summed E-state index contributed by atoms with van der Waals surface area (Å²) in [6, 6.07) is 3.86. The maximum atomic E-state index is 14.1. The number of rotatable bonds is 3. The number of nitrogens with zero attached hydrogens (tertiary/aromatic N) is 2. The van der Waals surface area contributed by atoms with Crippen LogP contribution in [0.4, 0.5) is 8.78 Å². The fourth-order valence-corrected chi connectivity index (χ4v) is 4.58. The first-order valence-electron chi connectivity index (χ1n) is 9.47. The van der Waals surface area contributed by atoms with Crippen LogP contribution in [0, 0.1) is 11.6 Å². The molecule has 0 unspecified atom stereocenters. The highest BCUT2D eigenvalue weighted by Gasteiger charge is 2.39. The minimum Gasteiger partial charge on any atom is -0.371 e. The van der Waals surface area contributed by atoms with Gasteiger partial charge in [0.25, 0.3) is 0 Å². The standard InChI is InChI=1S/C20H27F2N3O/c1-12(2)25-6-5-13-9-24(10-19(13)25)15-8-18(23)20(26-11-15)16-7-14(21)3-4-17(16)22/h3-4,7,12,15,18,20H,5-6,8-11,23H2,1-2H3/t15-,18+,20-/m1/s1. The minimum absolute atomic E-state index is 0.220. The van der Waals surface area contributed by atoms with E-state index in [4.69, 9.17) is 10.5 Å². The largest absolute Gasteiger partial charge is 0.371 e. The van der Waals surface area contributed by atoms with Crippen LogP contribution in [0.25, 0.3) is 0 Å². The molecule has 3 aliphatic heterocycles. The molecule has 1 saturated heterocycles. The number of hydrogen-bond donors (Lipinski definition) is 1. The Morgan fingerprint density at radius 3 is 2.77 bits per heavy atom. The van der Waals surface area contributed by atoms with Crippen molar-refractivity contribution >= 4 is 0 Å². The Hall–Kier alpha value is -1.50. The second-order valence-electron chi connectivity index (χ2n) is 7.97. The Balaban J connectivity index is 1.42. The summed E-state index contributed by atoms with van der Waals surface area (Å²) in [5.41, 5.74) is 9.54. The summed E-state index contributed by atoms with van der Waals surface area (Å²) >= 11 is 0. The third kappa shape index (κ3) is 3.15. The highest BCUT2D eigenvalue weighted by atomic mass is 19.1. The molecule has 3 aliphatic rings. The van der Waals surface area contributed by atoms with Crippen molar-refractivity contribution in [3.63, 3.8) is 0 Å². The van der Waals surface area contributed by atoms with Crippen LogP contribution < -0.4 is 5.73 Å². The van der Waals surface area contributed by atoms with Gasteiger partial charge in [-0.05, 0) is 50.5 Å². The lowest BCUT2D eigenvalue weighted by atomic mass is 9.93. The van der Waals surface area contributed by atoms with Crippen molar-refractivity contribution in [2.75, 3.05) is 26.2 Å². The van der Waals surface area contributed by atoms with Gasteiger partial charge in [0, 0.05) is 49.0 Å². The highest BCUT2D eigenvalue weighted by molar-refractivity contribution is 5.28. The van der Waals surface area contributed by atoms with Gasteiger partial charge in [0.15, 0.2) is 0 Å². The Kier molecular flexibility index (Phi) is 4.75. The number of halogens is 2. The van der Waals surface area contributed by atoms with Crippen molar-refractivity contribution < 1.29 is 13.5 Å². The van der Waals surface area contributed by atoms with Gasteiger partial charge in [-0.2, -0.15) is 0 Å². The van der Waals surface area contributed by atoms with E-state index in [1.54, 1.807) is 0 Å². The summed E-state index contributed by atoms with van der Waals surface area (Å²) in [6.45, 7) is 7.99. The van der Waals surface area contributed by atoms with Gasteiger partial charge in [-0.3, -0.25) is 4.90 Å². The van der Waals surface area contributed by atoms with E-state index in [2.05, 4.69) is 23.6 Å². The first-order chi connectivity index (χ1) is 12.4.